The number of rotatable bonds is 3. The normalized spacial score (nSPS) is 17.1. The zero-order chi connectivity index (χ0) is 8.15. The number of carboxylic acids is 1. The molecule has 0 spiro atoms. The molecule has 0 amide bonds. The van der Waals surface area contributed by atoms with Crippen molar-refractivity contribution in [2.45, 2.75) is 20.0 Å². The third kappa shape index (κ3) is 2.62. The van der Waals surface area contributed by atoms with E-state index in [0.29, 0.717) is 0 Å². The summed E-state index contributed by atoms with van der Waals surface area (Å²) in [5.74, 6) is -1.94. The first kappa shape index (κ1) is 9.14. The fraction of sp³-hybridized carbons (Fsp3) is 0.571. The van der Waals surface area contributed by atoms with Gasteiger partial charge in [0, 0.05) is 5.92 Å². The van der Waals surface area contributed by atoms with Gasteiger partial charge in [-0.05, 0) is 6.92 Å². The van der Waals surface area contributed by atoms with Gasteiger partial charge in [-0.25, -0.2) is 9.18 Å². The van der Waals surface area contributed by atoms with Gasteiger partial charge in [0.15, 0.2) is 0 Å². The zero-order valence-electron chi connectivity index (χ0n) is 6.04. The molecule has 0 aromatic heterocycles. The number of alkyl halides is 1. The predicted molar refractivity (Wildman–Crippen MR) is 36.5 cm³/mol. The molecule has 58 valence electrons. The topological polar surface area (TPSA) is 37.3 Å². The van der Waals surface area contributed by atoms with Gasteiger partial charge in [0.2, 0.25) is 6.17 Å². The smallest absolute Gasteiger partial charge is 0.338 e. The Kier molecular flexibility index (Phi) is 3.69. The van der Waals surface area contributed by atoms with Crippen molar-refractivity contribution in [3.8, 4) is 0 Å². The van der Waals surface area contributed by atoms with E-state index in [9.17, 15) is 9.18 Å². The van der Waals surface area contributed by atoms with Crippen LogP contribution in [0, 0.1) is 5.92 Å². The number of carboxylic acid groups (broad SMARTS) is 1. The predicted octanol–water partition coefficient (Wildman–Crippen LogP) is 1.62. The lowest BCUT2D eigenvalue weighted by atomic mass is 10.1. The highest BCUT2D eigenvalue weighted by molar-refractivity contribution is 5.72. The SMILES string of the molecule is C/C=C/[C@H](C)[C@H](F)C(=O)O. The van der Waals surface area contributed by atoms with Crippen LogP contribution in [0.4, 0.5) is 4.39 Å². The summed E-state index contributed by atoms with van der Waals surface area (Å²) in [4.78, 5) is 10.0. The second-order valence-corrected chi connectivity index (χ2v) is 2.12. The van der Waals surface area contributed by atoms with Gasteiger partial charge in [0.1, 0.15) is 0 Å². The molecular weight excluding hydrogens is 135 g/mol. The molecule has 0 rings (SSSR count). The van der Waals surface area contributed by atoms with E-state index in [0.717, 1.165) is 0 Å². The van der Waals surface area contributed by atoms with Crippen molar-refractivity contribution in [1.82, 2.24) is 0 Å². The van der Waals surface area contributed by atoms with Crippen LogP contribution in [-0.4, -0.2) is 17.2 Å². The largest absolute Gasteiger partial charge is 0.479 e. The van der Waals surface area contributed by atoms with Crippen molar-refractivity contribution in [3.05, 3.63) is 12.2 Å². The summed E-state index contributed by atoms with van der Waals surface area (Å²) in [7, 11) is 0. The standard InChI is InChI=1S/C7H11FO2/c1-3-4-5(2)6(8)7(9)10/h3-6H,1-2H3,(H,9,10)/b4-3+/t5-,6-/m0/s1. The first-order valence-corrected chi connectivity index (χ1v) is 3.09. The molecule has 0 aromatic rings. The van der Waals surface area contributed by atoms with Crippen LogP contribution in [0.1, 0.15) is 13.8 Å². The molecule has 0 bridgehead atoms. The second kappa shape index (κ2) is 4.04. The Labute approximate surface area is 59.4 Å². The van der Waals surface area contributed by atoms with E-state index >= 15 is 0 Å². The van der Waals surface area contributed by atoms with Crippen molar-refractivity contribution in [3.63, 3.8) is 0 Å². The van der Waals surface area contributed by atoms with Gasteiger partial charge in [-0.2, -0.15) is 0 Å². The average Bonchev–Trinajstić information content (AvgIpc) is 1.87. The minimum absolute atomic E-state index is 0.539. The molecule has 1 N–H and O–H groups in total. The molecule has 10 heavy (non-hydrogen) atoms. The molecule has 0 fully saturated rings. The van der Waals surface area contributed by atoms with Crippen LogP contribution in [0.5, 0.6) is 0 Å². The molecule has 2 nitrogen and oxygen atoms in total. The molecule has 0 unspecified atom stereocenters. The molecule has 0 heterocycles. The van der Waals surface area contributed by atoms with Crippen LogP contribution in [0.15, 0.2) is 12.2 Å². The fourth-order valence-corrected chi connectivity index (χ4v) is 0.626. The van der Waals surface area contributed by atoms with Crippen molar-refractivity contribution in [1.29, 1.82) is 0 Å². The average molecular weight is 146 g/mol. The highest BCUT2D eigenvalue weighted by Gasteiger charge is 2.20. The molecule has 0 aliphatic rings. The highest BCUT2D eigenvalue weighted by Crippen LogP contribution is 2.08. The van der Waals surface area contributed by atoms with E-state index in [1.54, 1.807) is 13.0 Å². The monoisotopic (exact) mass is 146 g/mol. The minimum Gasteiger partial charge on any atom is -0.479 e. The summed E-state index contributed by atoms with van der Waals surface area (Å²) in [6, 6.07) is 0. The van der Waals surface area contributed by atoms with Gasteiger partial charge in [-0.3, -0.25) is 0 Å². The molecule has 0 radical (unpaired) electrons. The van der Waals surface area contributed by atoms with Gasteiger partial charge in [-0.15, -0.1) is 0 Å². The fourth-order valence-electron chi connectivity index (χ4n) is 0.626. The lowest BCUT2D eigenvalue weighted by Crippen LogP contribution is -2.21. The van der Waals surface area contributed by atoms with Crippen LogP contribution in [0.25, 0.3) is 0 Å². The van der Waals surface area contributed by atoms with E-state index < -0.39 is 18.1 Å². The van der Waals surface area contributed by atoms with Gasteiger partial charge >= 0.3 is 5.97 Å². The maximum atomic E-state index is 12.5. The maximum Gasteiger partial charge on any atom is 0.338 e. The summed E-state index contributed by atoms with van der Waals surface area (Å²) in [5, 5.41) is 8.17. The first-order valence-electron chi connectivity index (χ1n) is 3.09. The third-order valence-electron chi connectivity index (χ3n) is 1.19. The number of carbonyl (C=O) groups is 1. The number of hydrogen-bond donors (Lipinski definition) is 1. The van der Waals surface area contributed by atoms with Crippen LogP contribution in [0.2, 0.25) is 0 Å². The zero-order valence-corrected chi connectivity index (χ0v) is 6.04. The van der Waals surface area contributed by atoms with Crippen molar-refractivity contribution in [2.75, 3.05) is 0 Å². The Hall–Kier alpha value is -0.860. The Morgan fingerprint density at radius 3 is 2.50 bits per heavy atom. The summed E-state index contributed by atoms with van der Waals surface area (Å²) >= 11 is 0. The van der Waals surface area contributed by atoms with Crippen LogP contribution >= 0.6 is 0 Å². The summed E-state index contributed by atoms with van der Waals surface area (Å²) in [6.45, 7) is 3.25. The number of aliphatic carboxylic acids is 1. The lowest BCUT2D eigenvalue weighted by molar-refractivity contribution is -0.143. The van der Waals surface area contributed by atoms with Gasteiger partial charge in [0.05, 0.1) is 0 Å². The summed E-state index contributed by atoms with van der Waals surface area (Å²) in [5.41, 5.74) is 0. The van der Waals surface area contributed by atoms with Crippen LogP contribution < -0.4 is 0 Å². The quantitative estimate of drug-likeness (QED) is 0.614. The molecule has 0 aliphatic heterocycles. The molecule has 3 heteroatoms. The van der Waals surface area contributed by atoms with Gasteiger partial charge in [0.25, 0.3) is 0 Å². The van der Waals surface area contributed by atoms with E-state index in [1.807, 2.05) is 0 Å². The molecule has 0 saturated heterocycles. The summed E-state index contributed by atoms with van der Waals surface area (Å²) < 4.78 is 12.5. The number of hydrogen-bond acceptors (Lipinski definition) is 1. The molecular formula is C7H11FO2. The third-order valence-corrected chi connectivity index (χ3v) is 1.19. The molecule has 2 atom stereocenters. The lowest BCUT2D eigenvalue weighted by Gasteiger charge is -2.06. The highest BCUT2D eigenvalue weighted by atomic mass is 19.1. The number of halogens is 1. The minimum atomic E-state index is -1.78. The van der Waals surface area contributed by atoms with Gasteiger partial charge in [-0.1, -0.05) is 19.1 Å². The maximum absolute atomic E-state index is 12.5. The Bertz CT molecular complexity index is 143. The second-order valence-electron chi connectivity index (χ2n) is 2.12. The van der Waals surface area contributed by atoms with Crippen LogP contribution in [-0.2, 0) is 4.79 Å². The van der Waals surface area contributed by atoms with E-state index in [4.69, 9.17) is 5.11 Å². The Balaban J connectivity index is 3.93. The first-order chi connectivity index (χ1) is 4.59. The van der Waals surface area contributed by atoms with Crippen molar-refractivity contribution in [2.24, 2.45) is 5.92 Å². The van der Waals surface area contributed by atoms with Crippen molar-refractivity contribution >= 4 is 5.97 Å². The van der Waals surface area contributed by atoms with E-state index in [1.165, 1.54) is 13.0 Å². The Morgan fingerprint density at radius 2 is 2.20 bits per heavy atom. The molecule has 0 aromatic carbocycles. The molecule has 0 saturated carbocycles. The van der Waals surface area contributed by atoms with Crippen LogP contribution in [0.3, 0.4) is 0 Å². The summed E-state index contributed by atoms with van der Waals surface area (Å²) in [6.07, 6.45) is 1.38. The Morgan fingerprint density at radius 1 is 1.70 bits per heavy atom. The van der Waals surface area contributed by atoms with E-state index in [-0.39, 0.29) is 0 Å². The van der Waals surface area contributed by atoms with Gasteiger partial charge < -0.3 is 5.11 Å². The van der Waals surface area contributed by atoms with Crippen molar-refractivity contribution < 1.29 is 14.3 Å². The molecule has 0 aliphatic carbocycles. The van der Waals surface area contributed by atoms with E-state index in [2.05, 4.69) is 0 Å². The number of allylic oxidation sites excluding steroid dienone is 2.